The molecule has 0 aromatic carbocycles. The number of carbonyl (C=O) groups is 1. The predicted octanol–water partition coefficient (Wildman–Crippen LogP) is -0.354. The number of rotatable bonds is 0. The van der Waals surface area contributed by atoms with Gasteiger partial charge in [-0.1, -0.05) is 0 Å². The standard InChI is InChI=1S/C7H10N2O2/c10-7-1-2-8-6-5-11-4-3-9(6)7/h2,6H,1,3-5H2. The molecule has 4 nitrogen and oxygen atoms in total. The number of morpholine rings is 1. The molecule has 1 unspecified atom stereocenters. The second kappa shape index (κ2) is 2.62. The Bertz CT molecular complexity index is 203. The van der Waals surface area contributed by atoms with Gasteiger partial charge in [0.25, 0.3) is 0 Å². The number of amides is 1. The lowest BCUT2D eigenvalue weighted by molar-refractivity contribution is -0.138. The highest BCUT2D eigenvalue weighted by atomic mass is 16.5. The predicted molar refractivity (Wildman–Crippen MR) is 39.4 cm³/mol. The van der Waals surface area contributed by atoms with Crippen molar-refractivity contribution < 1.29 is 9.53 Å². The van der Waals surface area contributed by atoms with Gasteiger partial charge in [0, 0.05) is 12.8 Å². The van der Waals surface area contributed by atoms with Crippen molar-refractivity contribution in [3.8, 4) is 0 Å². The van der Waals surface area contributed by atoms with Gasteiger partial charge >= 0.3 is 0 Å². The van der Waals surface area contributed by atoms with Crippen LogP contribution < -0.4 is 0 Å². The monoisotopic (exact) mass is 154 g/mol. The normalized spacial score (nSPS) is 30.4. The van der Waals surface area contributed by atoms with E-state index >= 15 is 0 Å². The molecule has 0 N–H and O–H groups in total. The Kier molecular flexibility index (Phi) is 1.62. The van der Waals surface area contributed by atoms with E-state index in [2.05, 4.69) is 4.99 Å². The van der Waals surface area contributed by atoms with E-state index in [0.717, 1.165) is 0 Å². The molecule has 4 heteroatoms. The van der Waals surface area contributed by atoms with Gasteiger partial charge in [-0.05, 0) is 0 Å². The molecule has 2 aliphatic rings. The molecule has 2 heterocycles. The fourth-order valence-electron chi connectivity index (χ4n) is 1.37. The molecule has 0 aliphatic carbocycles. The summed E-state index contributed by atoms with van der Waals surface area (Å²) < 4.78 is 5.18. The topological polar surface area (TPSA) is 41.9 Å². The van der Waals surface area contributed by atoms with Gasteiger partial charge in [-0.15, -0.1) is 0 Å². The molecular weight excluding hydrogens is 144 g/mol. The first-order chi connectivity index (χ1) is 5.38. The van der Waals surface area contributed by atoms with Crippen molar-refractivity contribution in [3.05, 3.63) is 0 Å². The van der Waals surface area contributed by atoms with Crippen LogP contribution in [0.15, 0.2) is 4.99 Å². The van der Waals surface area contributed by atoms with Gasteiger partial charge in [0.15, 0.2) is 0 Å². The number of fused-ring (bicyclic) bond motifs is 1. The van der Waals surface area contributed by atoms with Crippen molar-refractivity contribution in [2.75, 3.05) is 19.8 Å². The Labute approximate surface area is 64.8 Å². The Morgan fingerprint density at radius 3 is 3.45 bits per heavy atom. The minimum atomic E-state index is -0.0370. The van der Waals surface area contributed by atoms with Crippen molar-refractivity contribution >= 4 is 12.1 Å². The molecule has 1 fully saturated rings. The lowest BCUT2D eigenvalue weighted by Gasteiger charge is -2.34. The average molecular weight is 154 g/mol. The third-order valence-corrected chi connectivity index (χ3v) is 1.97. The highest BCUT2D eigenvalue weighted by Gasteiger charge is 2.27. The van der Waals surface area contributed by atoms with Gasteiger partial charge < -0.3 is 9.64 Å². The maximum atomic E-state index is 11.2. The number of ether oxygens (including phenoxy) is 1. The van der Waals surface area contributed by atoms with Crippen molar-refractivity contribution in [1.82, 2.24) is 4.90 Å². The van der Waals surface area contributed by atoms with E-state index in [4.69, 9.17) is 4.74 Å². The molecule has 0 aromatic heterocycles. The maximum absolute atomic E-state index is 11.2. The zero-order chi connectivity index (χ0) is 7.68. The molecule has 1 atom stereocenters. The van der Waals surface area contributed by atoms with Crippen molar-refractivity contribution in [2.45, 2.75) is 12.6 Å². The number of aliphatic imine (C=N–C) groups is 1. The lowest BCUT2D eigenvalue weighted by atomic mass is 10.2. The minimum Gasteiger partial charge on any atom is -0.375 e. The first kappa shape index (κ1) is 6.79. The van der Waals surface area contributed by atoms with Crippen LogP contribution in [0.5, 0.6) is 0 Å². The Hall–Kier alpha value is -0.900. The highest BCUT2D eigenvalue weighted by molar-refractivity contribution is 5.91. The Balaban J connectivity index is 2.15. The quantitative estimate of drug-likeness (QED) is 0.478. The molecule has 0 bridgehead atoms. The molecule has 60 valence electrons. The summed E-state index contributed by atoms with van der Waals surface area (Å²) in [5.41, 5.74) is 0. The van der Waals surface area contributed by atoms with E-state index in [-0.39, 0.29) is 12.1 Å². The molecule has 1 amide bonds. The van der Waals surface area contributed by atoms with E-state index in [9.17, 15) is 4.79 Å². The van der Waals surface area contributed by atoms with Crippen LogP contribution in [0.25, 0.3) is 0 Å². The molecular formula is C7H10N2O2. The van der Waals surface area contributed by atoms with Gasteiger partial charge in [-0.2, -0.15) is 0 Å². The summed E-state index contributed by atoms with van der Waals surface area (Å²) in [6.45, 7) is 1.90. The van der Waals surface area contributed by atoms with E-state index in [1.54, 1.807) is 11.1 Å². The van der Waals surface area contributed by atoms with E-state index < -0.39 is 0 Å². The summed E-state index contributed by atoms with van der Waals surface area (Å²) in [7, 11) is 0. The lowest BCUT2D eigenvalue weighted by Crippen LogP contribution is -2.49. The molecule has 0 aromatic rings. The smallest absolute Gasteiger partial charge is 0.229 e. The van der Waals surface area contributed by atoms with Gasteiger partial charge in [0.05, 0.1) is 19.6 Å². The molecule has 0 saturated carbocycles. The molecule has 2 rings (SSSR count). The minimum absolute atomic E-state index is 0.0370. The molecule has 0 radical (unpaired) electrons. The fraction of sp³-hybridized carbons (Fsp3) is 0.714. The first-order valence-electron chi connectivity index (χ1n) is 3.77. The summed E-state index contributed by atoms with van der Waals surface area (Å²) in [5, 5.41) is 0. The summed E-state index contributed by atoms with van der Waals surface area (Å²) >= 11 is 0. The van der Waals surface area contributed by atoms with Crippen molar-refractivity contribution in [1.29, 1.82) is 0 Å². The van der Waals surface area contributed by atoms with Crippen LogP contribution in [0.3, 0.4) is 0 Å². The molecule has 11 heavy (non-hydrogen) atoms. The maximum Gasteiger partial charge on any atom is 0.229 e. The van der Waals surface area contributed by atoms with Crippen LogP contribution in [-0.2, 0) is 9.53 Å². The van der Waals surface area contributed by atoms with Gasteiger partial charge in [0.2, 0.25) is 5.91 Å². The van der Waals surface area contributed by atoms with Crippen LogP contribution in [0.2, 0.25) is 0 Å². The number of hydrogen-bond acceptors (Lipinski definition) is 3. The van der Waals surface area contributed by atoms with Gasteiger partial charge in [-0.3, -0.25) is 9.79 Å². The largest absolute Gasteiger partial charge is 0.375 e. The number of nitrogens with zero attached hydrogens (tertiary/aromatic N) is 2. The number of carbonyl (C=O) groups excluding carboxylic acids is 1. The third-order valence-electron chi connectivity index (χ3n) is 1.97. The van der Waals surface area contributed by atoms with Crippen LogP contribution in [0, 0.1) is 0 Å². The third kappa shape index (κ3) is 1.14. The zero-order valence-electron chi connectivity index (χ0n) is 6.19. The van der Waals surface area contributed by atoms with E-state index in [1.165, 1.54) is 0 Å². The van der Waals surface area contributed by atoms with E-state index in [0.29, 0.717) is 26.2 Å². The summed E-state index contributed by atoms with van der Waals surface area (Å²) in [5.74, 6) is 0.174. The molecule has 1 saturated heterocycles. The summed E-state index contributed by atoms with van der Waals surface area (Å²) in [6.07, 6.45) is 2.10. The van der Waals surface area contributed by atoms with Crippen LogP contribution in [0.4, 0.5) is 0 Å². The van der Waals surface area contributed by atoms with Gasteiger partial charge in [0.1, 0.15) is 6.17 Å². The average Bonchev–Trinajstić information content (AvgIpc) is 2.06. The highest BCUT2D eigenvalue weighted by Crippen LogP contribution is 2.12. The molecule has 0 spiro atoms. The van der Waals surface area contributed by atoms with Crippen molar-refractivity contribution in [2.24, 2.45) is 4.99 Å². The fourth-order valence-corrected chi connectivity index (χ4v) is 1.37. The van der Waals surface area contributed by atoms with E-state index in [1.807, 2.05) is 0 Å². The zero-order valence-corrected chi connectivity index (χ0v) is 6.19. The second-order valence-electron chi connectivity index (χ2n) is 2.68. The molecule has 2 aliphatic heterocycles. The Morgan fingerprint density at radius 1 is 1.73 bits per heavy atom. The first-order valence-corrected chi connectivity index (χ1v) is 3.77. The summed E-state index contributed by atoms with van der Waals surface area (Å²) in [6, 6.07) is 0. The second-order valence-corrected chi connectivity index (χ2v) is 2.68. The van der Waals surface area contributed by atoms with Crippen molar-refractivity contribution in [3.63, 3.8) is 0 Å². The Morgan fingerprint density at radius 2 is 2.64 bits per heavy atom. The van der Waals surface area contributed by atoms with Gasteiger partial charge in [-0.25, -0.2) is 0 Å². The number of hydrogen-bond donors (Lipinski definition) is 0. The summed E-state index contributed by atoms with van der Waals surface area (Å²) in [4.78, 5) is 17.1. The van der Waals surface area contributed by atoms with Crippen LogP contribution in [-0.4, -0.2) is 42.9 Å². The SMILES string of the molecule is O=C1CC=NC2COCCN12. The van der Waals surface area contributed by atoms with Crippen LogP contribution in [0.1, 0.15) is 6.42 Å². The van der Waals surface area contributed by atoms with Crippen LogP contribution >= 0.6 is 0 Å².